The minimum atomic E-state index is -0.408. The molecule has 3 heterocycles. The third-order valence-corrected chi connectivity index (χ3v) is 6.06. The summed E-state index contributed by atoms with van der Waals surface area (Å²) in [7, 11) is 0. The van der Waals surface area contributed by atoms with Crippen LogP contribution in [0.25, 0.3) is 11.3 Å². The average Bonchev–Trinajstić information content (AvgIpc) is 3.31. The van der Waals surface area contributed by atoms with Crippen molar-refractivity contribution >= 4 is 11.9 Å². The van der Waals surface area contributed by atoms with Crippen molar-refractivity contribution in [2.24, 2.45) is 5.73 Å². The largest absolute Gasteiger partial charge is 0.379 e. The molecule has 0 bridgehead atoms. The molecule has 1 aromatic carbocycles. The number of amides is 1. The summed E-state index contributed by atoms with van der Waals surface area (Å²) in [4.78, 5) is 23.6. The molecule has 5 rings (SSSR count). The number of benzene rings is 1. The van der Waals surface area contributed by atoms with E-state index < -0.39 is 5.91 Å². The van der Waals surface area contributed by atoms with Crippen LogP contribution in [-0.4, -0.2) is 41.2 Å². The van der Waals surface area contributed by atoms with Gasteiger partial charge in [0.05, 0.1) is 17.8 Å². The number of carbonyl (C=O) groups excluding carboxylic acids is 1. The Balaban J connectivity index is 1.57. The molecule has 1 aliphatic carbocycles. The maximum atomic E-state index is 11.3. The highest BCUT2D eigenvalue weighted by molar-refractivity contribution is 5.93. The van der Waals surface area contributed by atoms with Crippen molar-refractivity contribution in [3.05, 3.63) is 41.1 Å². The van der Waals surface area contributed by atoms with Crippen molar-refractivity contribution in [1.82, 2.24) is 9.97 Å². The molecule has 0 saturated carbocycles. The molecule has 1 atom stereocenters. The Morgan fingerprint density at radius 2 is 2.00 bits per heavy atom. The first kappa shape index (κ1) is 15.8. The van der Waals surface area contributed by atoms with Crippen molar-refractivity contribution in [3.63, 3.8) is 0 Å². The normalized spacial score (nSPS) is 23.9. The van der Waals surface area contributed by atoms with Gasteiger partial charge in [0.15, 0.2) is 0 Å². The quantitative estimate of drug-likeness (QED) is 0.917. The Kier molecular flexibility index (Phi) is 3.50. The number of nitrogens with two attached hydrogens (primary N) is 1. The van der Waals surface area contributed by atoms with E-state index in [-0.39, 0.29) is 5.54 Å². The Morgan fingerprint density at radius 3 is 2.65 bits per heavy atom. The molecule has 6 nitrogen and oxygen atoms in total. The number of hydrogen-bond donors (Lipinski definition) is 1. The van der Waals surface area contributed by atoms with Gasteiger partial charge in [-0.1, -0.05) is 12.1 Å². The molecule has 2 saturated heterocycles. The summed E-state index contributed by atoms with van der Waals surface area (Å²) in [5, 5.41) is 0. The second-order valence-electron chi connectivity index (χ2n) is 7.52. The summed E-state index contributed by atoms with van der Waals surface area (Å²) in [6.07, 6.45) is 5.34. The summed E-state index contributed by atoms with van der Waals surface area (Å²) in [5.41, 5.74) is 10.4. The van der Waals surface area contributed by atoms with Gasteiger partial charge in [0.2, 0.25) is 11.9 Å². The minimum Gasteiger partial charge on any atom is -0.379 e. The van der Waals surface area contributed by atoms with Crippen LogP contribution in [0.4, 0.5) is 5.95 Å². The van der Waals surface area contributed by atoms with Crippen LogP contribution in [0, 0.1) is 0 Å². The highest BCUT2D eigenvalue weighted by atomic mass is 16.5. The van der Waals surface area contributed by atoms with Crippen LogP contribution in [0.2, 0.25) is 0 Å². The molecule has 1 amide bonds. The topological polar surface area (TPSA) is 81.3 Å². The first-order valence-corrected chi connectivity index (χ1v) is 9.32. The third kappa shape index (κ3) is 2.32. The van der Waals surface area contributed by atoms with Crippen LogP contribution in [0.3, 0.4) is 0 Å². The number of fused-ring (bicyclic) bond motifs is 1. The van der Waals surface area contributed by atoms with Crippen molar-refractivity contribution < 1.29 is 9.53 Å². The molecule has 0 radical (unpaired) electrons. The Hall–Kier alpha value is -2.47. The van der Waals surface area contributed by atoms with Gasteiger partial charge in [-0.3, -0.25) is 4.79 Å². The predicted molar refractivity (Wildman–Crippen MR) is 98.1 cm³/mol. The monoisotopic (exact) mass is 350 g/mol. The smallest absolute Gasteiger partial charge is 0.248 e. The van der Waals surface area contributed by atoms with E-state index in [1.807, 2.05) is 12.1 Å². The van der Waals surface area contributed by atoms with Crippen molar-refractivity contribution in [2.75, 3.05) is 24.7 Å². The number of rotatable bonds is 3. The van der Waals surface area contributed by atoms with Crippen molar-refractivity contribution in [2.45, 2.75) is 37.6 Å². The van der Waals surface area contributed by atoms with Gasteiger partial charge >= 0.3 is 0 Å². The van der Waals surface area contributed by atoms with E-state index in [9.17, 15) is 4.79 Å². The fourth-order valence-electron chi connectivity index (χ4n) is 4.43. The molecule has 1 aromatic heterocycles. The summed E-state index contributed by atoms with van der Waals surface area (Å²) >= 11 is 0. The molecule has 2 aromatic rings. The summed E-state index contributed by atoms with van der Waals surface area (Å²) in [6.45, 7) is 2.58. The lowest BCUT2D eigenvalue weighted by molar-refractivity contribution is 0.100. The second kappa shape index (κ2) is 5.77. The minimum absolute atomic E-state index is 0.0972. The fraction of sp³-hybridized carbons (Fsp3) is 0.450. The first-order valence-electron chi connectivity index (χ1n) is 9.32. The number of primary amides is 1. The van der Waals surface area contributed by atoms with Crippen LogP contribution in [-0.2, 0) is 17.6 Å². The van der Waals surface area contributed by atoms with E-state index in [4.69, 9.17) is 20.4 Å². The zero-order chi connectivity index (χ0) is 17.7. The molecule has 2 fully saturated rings. The maximum absolute atomic E-state index is 11.3. The van der Waals surface area contributed by atoms with Gasteiger partial charge in [0.25, 0.3) is 0 Å². The highest BCUT2D eigenvalue weighted by Crippen LogP contribution is 2.42. The zero-order valence-electron chi connectivity index (χ0n) is 14.7. The van der Waals surface area contributed by atoms with E-state index in [2.05, 4.69) is 4.90 Å². The van der Waals surface area contributed by atoms with E-state index in [0.29, 0.717) is 5.56 Å². The van der Waals surface area contributed by atoms with E-state index in [1.54, 1.807) is 12.1 Å². The maximum Gasteiger partial charge on any atom is 0.248 e. The SMILES string of the molecule is NC(=O)c1ccc(-c2nc(N3CCC34CCOC4)nc3c2CCC3)cc1. The second-order valence-corrected chi connectivity index (χ2v) is 7.52. The zero-order valence-corrected chi connectivity index (χ0v) is 14.7. The van der Waals surface area contributed by atoms with Gasteiger partial charge in [-0.25, -0.2) is 9.97 Å². The first-order chi connectivity index (χ1) is 12.7. The molecular formula is C20H22N4O2. The van der Waals surface area contributed by atoms with Crippen LogP contribution in [0.5, 0.6) is 0 Å². The van der Waals surface area contributed by atoms with Crippen LogP contribution in [0.15, 0.2) is 24.3 Å². The molecule has 3 aliphatic rings. The number of aryl methyl sites for hydroxylation is 1. The fourth-order valence-corrected chi connectivity index (χ4v) is 4.43. The Labute approximate surface area is 152 Å². The molecule has 1 spiro atoms. The standard InChI is InChI=1S/C20H22N4O2/c21-18(25)14-6-4-13(5-7-14)17-15-2-1-3-16(15)22-19(23-17)24-10-8-20(24)9-11-26-12-20/h4-7H,1-3,8-12H2,(H2,21,25). The molecule has 2 aliphatic heterocycles. The number of anilines is 1. The lowest BCUT2D eigenvalue weighted by atomic mass is 9.84. The van der Waals surface area contributed by atoms with Gasteiger partial charge in [0.1, 0.15) is 0 Å². The molecule has 134 valence electrons. The number of carbonyl (C=O) groups is 1. The molecule has 26 heavy (non-hydrogen) atoms. The van der Waals surface area contributed by atoms with Gasteiger partial charge in [-0.05, 0) is 44.2 Å². The predicted octanol–water partition coefficient (Wildman–Crippen LogP) is 2.10. The Bertz CT molecular complexity index is 872. The number of aromatic nitrogens is 2. The summed E-state index contributed by atoms with van der Waals surface area (Å²) in [5.74, 6) is 0.422. The van der Waals surface area contributed by atoms with E-state index in [1.165, 1.54) is 11.3 Å². The van der Waals surface area contributed by atoms with Crippen LogP contribution < -0.4 is 10.6 Å². The Morgan fingerprint density at radius 1 is 1.15 bits per heavy atom. The van der Waals surface area contributed by atoms with E-state index >= 15 is 0 Å². The number of nitrogens with zero attached hydrogens (tertiary/aromatic N) is 3. The summed E-state index contributed by atoms with van der Waals surface area (Å²) < 4.78 is 5.66. The molecular weight excluding hydrogens is 328 g/mol. The molecule has 6 heteroatoms. The molecule has 2 N–H and O–H groups in total. The summed E-state index contributed by atoms with van der Waals surface area (Å²) in [6, 6.07) is 7.43. The van der Waals surface area contributed by atoms with Crippen LogP contribution in [0.1, 0.15) is 40.9 Å². The average molecular weight is 350 g/mol. The van der Waals surface area contributed by atoms with Crippen molar-refractivity contribution in [3.8, 4) is 11.3 Å². The lowest BCUT2D eigenvalue weighted by Gasteiger charge is -2.50. The van der Waals surface area contributed by atoms with E-state index in [0.717, 1.165) is 69.1 Å². The highest BCUT2D eigenvalue weighted by Gasteiger charge is 2.49. The number of ether oxygens (including phenoxy) is 1. The van der Waals surface area contributed by atoms with Crippen LogP contribution >= 0.6 is 0 Å². The van der Waals surface area contributed by atoms with Gasteiger partial charge < -0.3 is 15.4 Å². The number of hydrogen-bond acceptors (Lipinski definition) is 5. The van der Waals surface area contributed by atoms with Gasteiger partial charge in [-0.2, -0.15) is 0 Å². The van der Waals surface area contributed by atoms with Gasteiger partial charge in [-0.15, -0.1) is 0 Å². The molecule has 1 unspecified atom stereocenters. The lowest BCUT2D eigenvalue weighted by Crippen LogP contribution is -2.61. The van der Waals surface area contributed by atoms with Gasteiger partial charge in [0, 0.05) is 35.5 Å². The van der Waals surface area contributed by atoms with Crippen molar-refractivity contribution in [1.29, 1.82) is 0 Å². The third-order valence-electron chi connectivity index (χ3n) is 6.06.